The highest BCUT2D eigenvalue weighted by molar-refractivity contribution is 7.90. The minimum Gasteiger partial charge on any atom is -0.494 e. The molecule has 0 aliphatic carbocycles. The lowest BCUT2D eigenvalue weighted by Gasteiger charge is -2.03. The Labute approximate surface area is 145 Å². The van der Waals surface area contributed by atoms with Gasteiger partial charge >= 0.3 is 0 Å². The molecule has 0 fully saturated rings. The second-order valence-corrected chi connectivity index (χ2v) is 6.89. The predicted octanol–water partition coefficient (Wildman–Crippen LogP) is 3.76. The summed E-state index contributed by atoms with van der Waals surface area (Å²) in [6.07, 6.45) is 0. The van der Waals surface area contributed by atoms with Gasteiger partial charge in [-0.1, -0.05) is 22.7 Å². The van der Waals surface area contributed by atoms with E-state index in [9.17, 15) is 13.5 Å². The Morgan fingerprint density at radius 3 is 2.48 bits per heavy atom. The molecule has 8 heteroatoms. The first-order valence-electron chi connectivity index (χ1n) is 7.61. The van der Waals surface area contributed by atoms with E-state index >= 15 is 0 Å². The first kappa shape index (κ1) is 17.0. The van der Waals surface area contributed by atoms with Crippen molar-refractivity contribution in [1.29, 1.82) is 0 Å². The third-order valence-electron chi connectivity index (χ3n) is 3.73. The van der Waals surface area contributed by atoms with Crippen LogP contribution in [0.5, 0.6) is 11.6 Å². The van der Waals surface area contributed by atoms with Crippen molar-refractivity contribution >= 4 is 26.6 Å². The molecule has 25 heavy (non-hydrogen) atoms. The number of rotatable bonds is 5. The monoisotopic (exact) mass is 359 g/mol. The van der Waals surface area contributed by atoms with Crippen LogP contribution in [0.1, 0.15) is 6.92 Å². The Kier molecular flexibility index (Phi) is 4.45. The van der Waals surface area contributed by atoms with Crippen molar-refractivity contribution in [2.24, 2.45) is 16.7 Å². The standard InChI is InChI=1S/C17H17N3O4S/c1-3-24-12-8-10-13(11-9-12)25(22,23)19-18-16-14-6-4-5-7-15(14)20(2)17(16)21/h4-11,21H,3H2,1-2H3. The quantitative estimate of drug-likeness (QED) is 0.702. The lowest BCUT2D eigenvalue weighted by atomic mass is 10.2. The summed E-state index contributed by atoms with van der Waals surface area (Å²) in [5.41, 5.74) is 0.847. The summed E-state index contributed by atoms with van der Waals surface area (Å²) in [7, 11) is -2.32. The van der Waals surface area contributed by atoms with Gasteiger partial charge in [0.05, 0.1) is 17.0 Å². The molecule has 0 aliphatic rings. The molecule has 0 atom stereocenters. The zero-order valence-corrected chi connectivity index (χ0v) is 14.6. The Morgan fingerprint density at radius 2 is 1.80 bits per heavy atom. The van der Waals surface area contributed by atoms with E-state index in [0.717, 1.165) is 5.52 Å². The molecule has 1 aromatic heterocycles. The van der Waals surface area contributed by atoms with Crippen molar-refractivity contribution in [2.45, 2.75) is 11.8 Å². The van der Waals surface area contributed by atoms with E-state index in [0.29, 0.717) is 17.7 Å². The van der Waals surface area contributed by atoms with Gasteiger partial charge in [-0.05, 0) is 37.3 Å². The number of fused-ring (bicyclic) bond motifs is 1. The van der Waals surface area contributed by atoms with Crippen LogP contribution in [0.2, 0.25) is 0 Å². The molecule has 7 nitrogen and oxygen atoms in total. The van der Waals surface area contributed by atoms with Crippen molar-refractivity contribution < 1.29 is 18.3 Å². The molecule has 0 saturated heterocycles. The van der Waals surface area contributed by atoms with Gasteiger partial charge in [0.2, 0.25) is 5.88 Å². The van der Waals surface area contributed by atoms with E-state index in [1.165, 1.54) is 16.7 Å². The lowest BCUT2D eigenvalue weighted by molar-refractivity contribution is 0.340. The van der Waals surface area contributed by atoms with E-state index in [-0.39, 0.29) is 16.5 Å². The van der Waals surface area contributed by atoms with Gasteiger partial charge in [-0.15, -0.1) is 5.11 Å². The van der Waals surface area contributed by atoms with Crippen molar-refractivity contribution in [2.75, 3.05) is 6.61 Å². The maximum absolute atomic E-state index is 12.3. The minimum atomic E-state index is -3.98. The first-order chi connectivity index (χ1) is 11.9. The Hall–Kier alpha value is -2.87. The highest BCUT2D eigenvalue weighted by atomic mass is 32.2. The maximum atomic E-state index is 12.3. The number of aromatic hydroxyl groups is 1. The zero-order valence-electron chi connectivity index (χ0n) is 13.7. The molecule has 0 amide bonds. The van der Waals surface area contributed by atoms with Gasteiger partial charge in [-0.25, -0.2) is 0 Å². The summed E-state index contributed by atoms with van der Waals surface area (Å²) in [4.78, 5) is -0.000528. The fourth-order valence-corrected chi connectivity index (χ4v) is 3.24. The molecule has 0 bridgehead atoms. The van der Waals surface area contributed by atoms with E-state index < -0.39 is 10.0 Å². The molecule has 3 aromatic rings. The van der Waals surface area contributed by atoms with Crippen LogP contribution in [0, 0.1) is 0 Å². The van der Waals surface area contributed by atoms with Crippen LogP contribution in [-0.4, -0.2) is 24.7 Å². The highest BCUT2D eigenvalue weighted by Crippen LogP contribution is 2.38. The topological polar surface area (TPSA) is 93.2 Å². The van der Waals surface area contributed by atoms with Gasteiger partial charge in [0.1, 0.15) is 5.75 Å². The van der Waals surface area contributed by atoms with Gasteiger partial charge in [0, 0.05) is 12.4 Å². The van der Waals surface area contributed by atoms with Crippen LogP contribution in [0.25, 0.3) is 10.9 Å². The molecule has 0 radical (unpaired) electrons. The first-order valence-corrected chi connectivity index (χ1v) is 9.05. The Morgan fingerprint density at radius 1 is 1.12 bits per heavy atom. The van der Waals surface area contributed by atoms with E-state index in [4.69, 9.17) is 4.74 Å². The summed E-state index contributed by atoms with van der Waals surface area (Å²) in [6.45, 7) is 2.34. The van der Waals surface area contributed by atoms with E-state index in [1.807, 2.05) is 13.0 Å². The number of aromatic nitrogens is 1. The minimum absolute atomic E-state index is 0.000528. The fraction of sp³-hybridized carbons (Fsp3) is 0.176. The SMILES string of the molecule is CCOc1ccc(S(=O)(=O)N=Nc2c(O)n(C)c3ccccc23)cc1. The van der Waals surface area contributed by atoms with Gasteiger partial charge in [0.15, 0.2) is 5.69 Å². The molecule has 130 valence electrons. The average Bonchev–Trinajstić information content (AvgIpc) is 2.85. The van der Waals surface area contributed by atoms with E-state index in [2.05, 4.69) is 9.63 Å². The molecule has 0 unspecified atom stereocenters. The zero-order chi connectivity index (χ0) is 18.0. The van der Waals surface area contributed by atoms with Crippen LogP contribution in [0.3, 0.4) is 0 Å². The molecule has 0 spiro atoms. The molecule has 1 N–H and O–H groups in total. The fourth-order valence-electron chi connectivity index (χ4n) is 2.47. The number of aryl methyl sites for hydroxylation is 1. The number of sulfonamides is 1. The van der Waals surface area contributed by atoms with Crippen LogP contribution < -0.4 is 4.74 Å². The average molecular weight is 359 g/mol. The third kappa shape index (κ3) is 3.20. The summed E-state index contributed by atoms with van der Waals surface area (Å²) in [6, 6.07) is 13.1. The number of nitrogens with zero attached hydrogens (tertiary/aromatic N) is 3. The van der Waals surface area contributed by atoms with Crippen molar-refractivity contribution in [1.82, 2.24) is 4.57 Å². The molecule has 0 aliphatic heterocycles. The van der Waals surface area contributed by atoms with Gasteiger partial charge < -0.3 is 14.4 Å². The van der Waals surface area contributed by atoms with Crippen LogP contribution >= 0.6 is 0 Å². The van der Waals surface area contributed by atoms with Crippen LogP contribution in [0.4, 0.5) is 5.69 Å². The smallest absolute Gasteiger partial charge is 0.299 e. The summed E-state index contributed by atoms with van der Waals surface area (Å²) >= 11 is 0. The highest BCUT2D eigenvalue weighted by Gasteiger charge is 2.17. The second kappa shape index (κ2) is 6.56. The molecule has 2 aromatic carbocycles. The third-order valence-corrected chi connectivity index (χ3v) is 4.90. The van der Waals surface area contributed by atoms with E-state index in [1.54, 1.807) is 37.4 Å². The lowest BCUT2D eigenvalue weighted by Crippen LogP contribution is -1.96. The van der Waals surface area contributed by atoms with Crippen LogP contribution in [-0.2, 0) is 17.1 Å². The number of hydrogen-bond donors (Lipinski definition) is 1. The maximum Gasteiger partial charge on any atom is 0.299 e. The Balaban J connectivity index is 1.97. The van der Waals surface area contributed by atoms with Crippen molar-refractivity contribution in [3.63, 3.8) is 0 Å². The molecule has 3 rings (SSSR count). The summed E-state index contributed by atoms with van der Waals surface area (Å²) < 4.78 is 35.0. The van der Waals surface area contributed by atoms with Gasteiger partial charge in [-0.3, -0.25) is 0 Å². The predicted molar refractivity (Wildman–Crippen MR) is 93.9 cm³/mol. The number of para-hydroxylation sites is 1. The molecular formula is C17H17N3O4S. The Bertz CT molecular complexity index is 1040. The molecule has 0 saturated carbocycles. The summed E-state index contributed by atoms with van der Waals surface area (Å²) in [5, 5.41) is 14.6. The summed E-state index contributed by atoms with van der Waals surface area (Å²) in [5.74, 6) is 0.428. The number of benzene rings is 2. The largest absolute Gasteiger partial charge is 0.494 e. The second-order valence-electron chi connectivity index (χ2n) is 5.31. The molecular weight excluding hydrogens is 342 g/mol. The normalized spacial score (nSPS) is 12.1. The van der Waals surface area contributed by atoms with Gasteiger partial charge in [-0.2, -0.15) is 8.42 Å². The number of hydrogen-bond acceptors (Lipinski definition) is 5. The van der Waals surface area contributed by atoms with Crippen LogP contribution in [0.15, 0.2) is 63.1 Å². The van der Waals surface area contributed by atoms with Gasteiger partial charge in [0.25, 0.3) is 10.0 Å². The number of ether oxygens (including phenoxy) is 1. The molecule has 1 heterocycles. The van der Waals surface area contributed by atoms with Crippen molar-refractivity contribution in [3.8, 4) is 11.6 Å². The van der Waals surface area contributed by atoms with Crippen molar-refractivity contribution in [3.05, 3.63) is 48.5 Å².